The zero-order valence-corrected chi connectivity index (χ0v) is 8.85. The van der Waals surface area contributed by atoms with Gasteiger partial charge in [0.1, 0.15) is 5.76 Å². The molecule has 1 fully saturated rings. The molecule has 1 amide bonds. The van der Waals surface area contributed by atoms with E-state index in [1.54, 1.807) is 11.3 Å². The molecule has 1 aliphatic heterocycles. The predicted molar refractivity (Wildman–Crippen MR) is 56.0 cm³/mol. The first kappa shape index (κ1) is 9.27. The van der Waals surface area contributed by atoms with Crippen molar-refractivity contribution in [2.75, 3.05) is 0 Å². The van der Waals surface area contributed by atoms with Gasteiger partial charge in [0.2, 0.25) is 0 Å². The van der Waals surface area contributed by atoms with Crippen LogP contribution in [0, 0.1) is 0 Å². The molecule has 1 saturated heterocycles. The normalized spacial score (nSPS) is 22.1. The minimum absolute atomic E-state index is 0.377. The summed E-state index contributed by atoms with van der Waals surface area (Å²) in [6, 6.07) is 3.95. The molecule has 4 heteroatoms. The summed E-state index contributed by atoms with van der Waals surface area (Å²) in [5.74, 6) is 0.671. The topological polar surface area (TPSA) is 38.3 Å². The van der Waals surface area contributed by atoms with Crippen molar-refractivity contribution in [3.63, 3.8) is 0 Å². The highest BCUT2D eigenvalue weighted by Gasteiger charge is 2.36. The van der Waals surface area contributed by atoms with E-state index in [9.17, 15) is 4.79 Å². The summed E-state index contributed by atoms with van der Waals surface area (Å²) < 4.78 is 5.07. The van der Waals surface area contributed by atoms with E-state index in [-0.39, 0.29) is 6.09 Å². The van der Waals surface area contributed by atoms with Crippen LogP contribution in [0.1, 0.15) is 18.7 Å². The van der Waals surface area contributed by atoms with Crippen LogP contribution in [-0.4, -0.2) is 11.6 Å². The van der Waals surface area contributed by atoms with E-state index < -0.39 is 5.54 Å². The Balaban J connectivity index is 2.31. The van der Waals surface area contributed by atoms with E-state index in [4.69, 9.17) is 4.74 Å². The number of rotatable bonds is 1. The maximum absolute atomic E-state index is 11.0. The van der Waals surface area contributed by atoms with Crippen LogP contribution in [0.15, 0.2) is 23.3 Å². The smallest absolute Gasteiger partial charge is 0.412 e. The molecular weight excluding hydrogens is 198 g/mol. The molecule has 1 aromatic rings. The maximum atomic E-state index is 11.0. The van der Waals surface area contributed by atoms with E-state index in [2.05, 4.69) is 5.32 Å². The monoisotopic (exact) mass is 209 g/mol. The maximum Gasteiger partial charge on any atom is 0.413 e. The minimum atomic E-state index is -0.402. The molecule has 0 atom stereocenters. The Morgan fingerprint density at radius 2 is 2.36 bits per heavy atom. The van der Waals surface area contributed by atoms with Gasteiger partial charge in [-0.15, -0.1) is 11.3 Å². The second kappa shape index (κ2) is 3.13. The van der Waals surface area contributed by atoms with Crippen LogP contribution in [0.25, 0.3) is 6.08 Å². The fraction of sp³-hybridized carbons (Fsp3) is 0.300. The summed E-state index contributed by atoms with van der Waals surface area (Å²) in [5.41, 5.74) is -0.402. The lowest BCUT2D eigenvalue weighted by Gasteiger charge is -2.14. The first-order valence-electron chi connectivity index (χ1n) is 4.33. The average molecular weight is 209 g/mol. The highest BCUT2D eigenvalue weighted by molar-refractivity contribution is 7.10. The second-order valence-electron chi connectivity index (χ2n) is 3.66. The number of ether oxygens (including phenoxy) is 1. The number of alkyl carbamates (subject to hydrolysis) is 1. The summed E-state index contributed by atoms with van der Waals surface area (Å²) in [5, 5.41) is 4.72. The Labute approximate surface area is 86.4 Å². The van der Waals surface area contributed by atoms with Crippen LogP contribution in [0.4, 0.5) is 4.79 Å². The van der Waals surface area contributed by atoms with Crippen molar-refractivity contribution in [2.24, 2.45) is 0 Å². The lowest BCUT2D eigenvalue weighted by Crippen LogP contribution is -2.35. The zero-order valence-electron chi connectivity index (χ0n) is 8.03. The van der Waals surface area contributed by atoms with Crippen molar-refractivity contribution in [3.8, 4) is 0 Å². The molecule has 1 aromatic heterocycles. The molecule has 0 bridgehead atoms. The molecule has 3 nitrogen and oxygen atoms in total. The Morgan fingerprint density at radius 3 is 2.86 bits per heavy atom. The van der Waals surface area contributed by atoms with Crippen LogP contribution in [0.3, 0.4) is 0 Å². The van der Waals surface area contributed by atoms with Crippen LogP contribution >= 0.6 is 11.3 Å². The van der Waals surface area contributed by atoms with E-state index in [0.29, 0.717) is 5.76 Å². The van der Waals surface area contributed by atoms with Crippen molar-refractivity contribution in [1.82, 2.24) is 5.32 Å². The van der Waals surface area contributed by atoms with E-state index >= 15 is 0 Å². The highest BCUT2D eigenvalue weighted by atomic mass is 32.1. The van der Waals surface area contributed by atoms with Crippen LogP contribution in [-0.2, 0) is 4.74 Å². The van der Waals surface area contributed by atoms with Gasteiger partial charge in [0.05, 0.1) is 5.54 Å². The Hall–Kier alpha value is -1.29. The largest absolute Gasteiger partial charge is 0.413 e. The van der Waals surface area contributed by atoms with Gasteiger partial charge in [-0.25, -0.2) is 4.79 Å². The third-order valence-electron chi connectivity index (χ3n) is 2.05. The summed E-state index contributed by atoms with van der Waals surface area (Å²) in [4.78, 5) is 12.1. The fourth-order valence-electron chi connectivity index (χ4n) is 1.28. The Morgan fingerprint density at radius 1 is 1.57 bits per heavy atom. The molecule has 14 heavy (non-hydrogen) atoms. The first-order valence-corrected chi connectivity index (χ1v) is 5.21. The lowest BCUT2D eigenvalue weighted by atomic mass is 10.0. The van der Waals surface area contributed by atoms with Crippen molar-refractivity contribution in [2.45, 2.75) is 19.4 Å². The number of nitrogens with one attached hydrogen (secondary N) is 1. The van der Waals surface area contributed by atoms with Gasteiger partial charge in [-0.3, -0.25) is 0 Å². The molecule has 2 heterocycles. The van der Waals surface area contributed by atoms with E-state index in [1.807, 2.05) is 37.4 Å². The Kier molecular flexibility index (Phi) is 2.07. The number of cyclic esters (lactones) is 1. The van der Waals surface area contributed by atoms with Gasteiger partial charge in [0.15, 0.2) is 0 Å². The second-order valence-corrected chi connectivity index (χ2v) is 4.64. The van der Waals surface area contributed by atoms with Gasteiger partial charge < -0.3 is 10.1 Å². The summed E-state index contributed by atoms with van der Waals surface area (Å²) >= 11 is 1.62. The molecule has 0 aliphatic carbocycles. The van der Waals surface area contributed by atoms with Gasteiger partial charge in [-0.2, -0.15) is 0 Å². The zero-order chi connectivity index (χ0) is 10.2. The van der Waals surface area contributed by atoms with Crippen molar-refractivity contribution in [1.29, 1.82) is 0 Å². The van der Waals surface area contributed by atoms with Crippen LogP contribution in [0.2, 0.25) is 0 Å². The highest BCUT2D eigenvalue weighted by Crippen LogP contribution is 2.27. The summed E-state index contributed by atoms with van der Waals surface area (Å²) in [6.07, 6.45) is 1.51. The third kappa shape index (κ3) is 1.65. The molecular formula is C10H11NO2S. The Bertz CT molecular complexity index is 379. The number of carbonyl (C=O) groups excluding carboxylic acids is 1. The molecule has 0 saturated carbocycles. The predicted octanol–water partition coefficient (Wildman–Crippen LogP) is 2.61. The van der Waals surface area contributed by atoms with Gasteiger partial charge in [-0.1, -0.05) is 6.07 Å². The SMILES string of the molecule is CC1(C)NC(=O)O/C1=C\c1cccs1. The van der Waals surface area contributed by atoms with E-state index in [1.165, 1.54) is 0 Å². The van der Waals surface area contributed by atoms with Crippen molar-refractivity contribution < 1.29 is 9.53 Å². The summed E-state index contributed by atoms with van der Waals surface area (Å²) in [7, 11) is 0. The number of hydrogen-bond donors (Lipinski definition) is 1. The average Bonchev–Trinajstić information content (AvgIpc) is 2.61. The fourth-order valence-corrected chi connectivity index (χ4v) is 1.93. The number of thiophene rings is 1. The summed E-state index contributed by atoms with van der Waals surface area (Å²) in [6.45, 7) is 3.83. The van der Waals surface area contributed by atoms with Gasteiger partial charge in [0.25, 0.3) is 0 Å². The number of hydrogen-bond acceptors (Lipinski definition) is 3. The van der Waals surface area contributed by atoms with Crippen molar-refractivity contribution >= 4 is 23.5 Å². The number of carbonyl (C=O) groups is 1. The minimum Gasteiger partial charge on any atom is -0.412 e. The van der Waals surface area contributed by atoms with Gasteiger partial charge in [-0.05, 0) is 31.4 Å². The third-order valence-corrected chi connectivity index (χ3v) is 2.87. The van der Waals surface area contributed by atoms with Gasteiger partial charge >= 0.3 is 6.09 Å². The van der Waals surface area contributed by atoms with Crippen molar-refractivity contribution in [3.05, 3.63) is 28.1 Å². The first-order chi connectivity index (χ1) is 6.58. The number of amides is 1. The molecule has 2 rings (SSSR count). The molecule has 0 radical (unpaired) electrons. The van der Waals surface area contributed by atoms with E-state index in [0.717, 1.165) is 4.88 Å². The van der Waals surface area contributed by atoms with Gasteiger partial charge in [0, 0.05) is 4.88 Å². The molecule has 0 unspecified atom stereocenters. The lowest BCUT2D eigenvalue weighted by molar-refractivity contribution is 0.195. The van der Waals surface area contributed by atoms with Crippen LogP contribution in [0.5, 0.6) is 0 Å². The molecule has 0 aromatic carbocycles. The molecule has 0 spiro atoms. The molecule has 1 aliphatic rings. The standard InChI is InChI=1S/C10H11NO2S/c1-10(2)8(13-9(12)11-10)6-7-4-3-5-14-7/h3-6H,1-2H3,(H,11,12)/b8-6-. The van der Waals surface area contributed by atoms with Crippen LogP contribution < -0.4 is 5.32 Å². The molecule has 1 N–H and O–H groups in total. The molecule has 74 valence electrons. The quantitative estimate of drug-likeness (QED) is 0.772.